The molecule has 0 spiro atoms. The molecule has 0 aromatic heterocycles. The van der Waals surface area contributed by atoms with E-state index >= 15 is 0 Å². The summed E-state index contributed by atoms with van der Waals surface area (Å²) in [6.45, 7) is 0.847. The van der Waals surface area contributed by atoms with Gasteiger partial charge in [0, 0.05) is 19.2 Å². The Bertz CT molecular complexity index is 601. The lowest BCUT2D eigenvalue weighted by Gasteiger charge is -2.18. The van der Waals surface area contributed by atoms with Crippen LogP contribution in [0.25, 0.3) is 0 Å². The smallest absolute Gasteiger partial charge is 0.338 e. The van der Waals surface area contributed by atoms with E-state index < -0.39 is 16.8 Å². The highest BCUT2D eigenvalue weighted by Crippen LogP contribution is 2.33. The monoisotopic (exact) mass is 293 g/mol. The summed E-state index contributed by atoms with van der Waals surface area (Å²) in [5, 5.41) is 11.2. The molecule has 2 N–H and O–H groups in total. The largest absolute Gasteiger partial charge is 0.465 e. The van der Waals surface area contributed by atoms with Crippen molar-refractivity contribution in [1.29, 1.82) is 0 Å². The zero-order valence-corrected chi connectivity index (χ0v) is 11.4. The highest BCUT2D eigenvalue weighted by Gasteiger charge is 2.31. The maximum atomic E-state index is 11.4. The van der Waals surface area contributed by atoms with Gasteiger partial charge < -0.3 is 15.4 Å². The molecule has 1 heterocycles. The Labute approximate surface area is 120 Å². The molecule has 0 saturated carbocycles. The number of carbonyl (C=O) groups is 2. The van der Waals surface area contributed by atoms with Crippen molar-refractivity contribution in [2.24, 2.45) is 11.7 Å². The van der Waals surface area contributed by atoms with Crippen molar-refractivity contribution in [3.05, 3.63) is 33.9 Å². The van der Waals surface area contributed by atoms with Gasteiger partial charge >= 0.3 is 5.97 Å². The molecule has 1 saturated heterocycles. The number of esters is 1. The Kier molecular flexibility index (Phi) is 4.06. The van der Waals surface area contributed by atoms with Crippen LogP contribution in [0.3, 0.4) is 0 Å². The van der Waals surface area contributed by atoms with Crippen molar-refractivity contribution in [3.8, 4) is 0 Å². The molecule has 1 aliphatic heterocycles. The summed E-state index contributed by atoms with van der Waals surface area (Å²) >= 11 is 0. The molecular weight excluding hydrogens is 278 g/mol. The lowest BCUT2D eigenvalue weighted by atomic mass is 10.1. The molecule has 0 aliphatic carbocycles. The number of methoxy groups -OCH3 is 1. The summed E-state index contributed by atoms with van der Waals surface area (Å²) in [4.78, 5) is 35.0. The minimum Gasteiger partial charge on any atom is -0.465 e. The molecule has 8 heteroatoms. The number of hydrogen-bond acceptors (Lipinski definition) is 6. The quantitative estimate of drug-likeness (QED) is 0.496. The van der Waals surface area contributed by atoms with E-state index in [1.165, 1.54) is 25.3 Å². The molecule has 0 unspecified atom stereocenters. The fraction of sp³-hybridized carbons (Fsp3) is 0.385. The van der Waals surface area contributed by atoms with Gasteiger partial charge in [0.25, 0.3) is 5.69 Å². The van der Waals surface area contributed by atoms with Crippen LogP contribution < -0.4 is 10.6 Å². The lowest BCUT2D eigenvalue weighted by molar-refractivity contribution is -0.384. The van der Waals surface area contributed by atoms with Crippen LogP contribution in [0.1, 0.15) is 16.8 Å². The van der Waals surface area contributed by atoms with Gasteiger partial charge in [-0.2, -0.15) is 0 Å². The first-order chi connectivity index (χ1) is 9.93. The van der Waals surface area contributed by atoms with Crippen LogP contribution in [0, 0.1) is 16.0 Å². The van der Waals surface area contributed by atoms with Crippen molar-refractivity contribution in [3.63, 3.8) is 0 Å². The van der Waals surface area contributed by atoms with Crippen molar-refractivity contribution in [2.45, 2.75) is 6.42 Å². The van der Waals surface area contributed by atoms with Crippen molar-refractivity contribution < 1.29 is 19.2 Å². The van der Waals surface area contributed by atoms with Gasteiger partial charge in [0.1, 0.15) is 5.69 Å². The molecule has 1 amide bonds. The minimum atomic E-state index is -0.638. The van der Waals surface area contributed by atoms with Crippen LogP contribution in [-0.4, -0.2) is 37.0 Å². The SMILES string of the molecule is COC(=O)c1ccc(N2CC[C@@H](C(N)=O)C2)c([N+](=O)[O-])c1. The number of amides is 1. The standard InChI is InChI=1S/C13H15N3O5/c1-21-13(18)8-2-3-10(11(6-8)16(19)20)15-5-4-9(7-15)12(14)17/h2-3,6,9H,4-5,7H2,1H3,(H2,14,17)/t9-/m1/s1. The van der Waals surface area contributed by atoms with Crippen LogP contribution in [0.4, 0.5) is 11.4 Å². The maximum Gasteiger partial charge on any atom is 0.338 e. The van der Waals surface area contributed by atoms with Crippen LogP contribution in [0.15, 0.2) is 18.2 Å². The molecule has 8 nitrogen and oxygen atoms in total. The number of benzene rings is 1. The molecule has 0 bridgehead atoms. The van der Waals surface area contributed by atoms with E-state index in [-0.39, 0.29) is 17.2 Å². The first-order valence-electron chi connectivity index (χ1n) is 6.35. The maximum absolute atomic E-state index is 11.4. The van der Waals surface area contributed by atoms with Gasteiger partial charge in [-0.1, -0.05) is 0 Å². The van der Waals surface area contributed by atoms with Crippen molar-refractivity contribution in [2.75, 3.05) is 25.1 Å². The molecule has 1 aromatic carbocycles. The number of anilines is 1. The summed E-state index contributed by atoms with van der Waals surface area (Å²) in [5.41, 5.74) is 5.55. The van der Waals surface area contributed by atoms with Gasteiger partial charge in [0.15, 0.2) is 0 Å². The molecule has 1 fully saturated rings. The minimum absolute atomic E-state index is 0.110. The average molecular weight is 293 g/mol. The molecule has 21 heavy (non-hydrogen) atoms. The van der Waals surface area contributed by atoms with Crippen molar-refractivity contribution in [1.82, 2.24) is 0 Å². The number of primary amides is 1. The highest BCUT2D eigenvalue weighted by atomic mass is 16.6. The zero-order valence-electron chi connectivity index (χ0n) is 11.4. The number of hydrogen-bond donors (Lipinski definition) is 1. The van der Waals surface area contributed by atoms with E-state index in [9.17, 15) is 19.7 Å². The Morgan fingerprint density at radius 3 is 2.71 bits per heavy atom. The Hall–Kier alpha value is -2.64. The summed E-state index contributed by atoms with van der Waals surface area (Å²) < 4.78 is 4.55. The molecule has 0 radical (unpaired) electrons. The third-order valence-corrected chi connectivity index (χ3v) is 3.52. The predicted octanol–water partition coefficient (Wildman–Crippen LogP) is 0.693. The number of nitro groups is 1. The second-order valence-corrected chi connectivity index (χ2v) is 4.79. The summed E-state index contributed by atoms with van der Waals surface area (Å²) in [5.74, 6) is -1.36. The fourth-order valence-corrected chi connectivity index (χ4v) is 2.39. The van der Waals surface area contributed by atoms with E-state index in [0.717, 1.165) is 0 Å². The third-order valence-electron chi connectivity index (χ3n) is 3.52. The first-order valence-corrected chi connectivity index (χ1v) is 6.35. The normalized spacial score (nSPS) is 17.6. The van der Waals surface area contributed by atoms with E-state index in [0.29, 0.717) is 25.2 Å². The van der Waals surface area contributed by atoms with Gasteiger partial charge in [-0.15, -0.1) is 0 Å². The Balaban J connectivity index is 2.34. The molecular formula is C13H15N3O5. The van der Waals surface area contributed by atoms with Crippen molar-refractivity contribution >= 4 is 23.3 Å². The van der Waals surface area contributed by atoms with Gasteiger partial charge in [-0.3, -0.25) is 14.9 Å². The Morgan fingerprint density at radius 1 is 1.48 bits per heavy atom. The lowest BCUT2D eigenvalue weighted by Crippen LogP contribution is -2.27. The molecule has 112 valence electrons. The van der Waals surface area contributed by atoms with Crippen LogP contribution in [0.5, 0.6) is 0 Å². The molecule has 1 aromatic rings. The van der Waals surface area contributed by atoms with Crippen LogP contribution >= 0.6 is 0 Å². The van der Waals surface area contributed by atoms with Crippen LogP contribution in [0.2, 0.25) is 0 Å². The number of ether oxygens (including phenoxy) is 1. The van der Waals surface area contributed by atoms with Gasteiger partial charge in [0.2, 0.25) is 5.91 Å². The molecule has 2 rings (SSSR count). The average Bonchev–Trinajstić information content (AvgIpc) is 2.95. The summed E-state index contributed by atoms with van der Waals surface area (Å²) in [6, 6.07) is 4.14. The topological polar surface area (TPSA) is 116 Å². The van der Waals surface area contributed by atoms with Crippen LogP contribution in [-0.2, 0) is 9.53 Å². The number of carbonyl (C=O) groups excluding carboxylic acids is 2. The van der Waals surface area contributed by atoms with E-state index in [2.05, 4.69) is 4.74 Å². The summed E-state index contributed by atoms with van der Waals surface area (Å²) in [6.07, 6.45) is 0.561. The first kappa shape index (κ1) is 14.8. The van der Waals surface area contributed by atoms with E-state index in [1.807, 2.05) is 0 Å². The van der Waals surface area contributed by atoms with E-state index in [1.54, 1.807) is 4.90 Å². The van der Waals surface area contributed by atoms with Gasteiger partial charge in [0.05, 0.1) is 23.5 Å². The fourth-order valence-electron chi connectivity index (χ4n) is 2.39. The second kappa shape index (κ2) is 5.78. The number of nitrogens with zero attached hydrogens (tertiary/aromatic N) is 2. The number of nitrogens with two attached hydrogens (primary N) is 1. The Morgan fingerprint density at radius 2 is 2.19 bits per heavy atom. The number of rotatable bonds is 4. The highest BCUT2D eigenvalue weighted by molar-refractivity contribution is 5.91. The summed E-state index contributed by atoms with van der Waals surface area (Å²) in [7, 11) is 1.21. The zero-order chi connectivity index (χ0) is 15.6. The molecule has 1 aliphatic rings. The number of nitro benzene ring substituents is 1. The van der Waals surface area contributed by atoms with Gasteiger partial charge in [-0.25, -0.2) is 4.79 Å². The second-order valence-electron chi connectivity index (χ2n) is 4.79. The predicted molar refractivity (Wildman–Crippen MR) is 74.0 cm³/mol. The van der Waals surface area contributed by atoms with E-state index in [4.69, 9.17) is 5.73 Å². The molecule has 1 atom stereocenters. The van der Waals surface area contributed by atoms with Gasteiger partial charge in [-0.05, 0) is 18.6 Å². The third kappa shape index (κ3) is 2.93.